The molecule has 72 valence electrons. The highest BCUT2D eigenvalue weighted by atomic mass is 19.4. The summed E-state index contributed by atoms with van der Waals surface area (Å²) in [5.74, 6) is -2.61. The fraction of sp³-hybridized carbons (Fsp3) is 0.286. The van der Waals surface area contributed by atoms with E-state index in [1.165, 1.54) is 0 Å². The van der Waals surface area contributed by atoms with Gasteiger partial charge in [-0.05, 0) is 12.1 Å². The molecule has 0 amide bonds. The standard InChI is InChI=1S/C7H5F3O3/c1-12-6(11)4-2-3-5(13-4)7(8,9)10/h2-3H,1H3. The van der Waals surface area contributed by atoms with Crippen LogP contribution in [0.25, 0.3) is 0 Å². The third-order valence-corrected chi connectivity index (χ3v) is 1.27. The first kappa shape index (κ1) is 9.63. The minimum atomic E-state index is -4.58. The lowest BCUT2D eigenvalue weighted by molar-refractivity contribution is -0.153. The number of furan rings is 1. The van der Waals surface area contributed by atoms with Crippen LogP contribution in [-0.2, 0) is 10.9 Å². The van der Waals surface area contributed by atoms with Crippen LogP contribution < -0.4 is 0 Å². The Morgan fingerprint density at radius 2 is 2.08 bits per heavy atom. The van der Waals surface area contributed by atoms with Gasteiger partial charge in [-0.3, -0.25) is 0 Å². The fourth-order valence-corrected chi connectivity index (χ4v) is 0.701. The molecule has 0 radical (unpaired) electrons. The van der Waals surface area contributed by atoms with Gasteiger partial charge in [-0.25, -0.2) is 4.79 Å². The first-order valence-corrected chi connectivity index (χ1v) is 3.20. The molecule has 0 atom stereocenters. The largest absolute Gasteiger partial charge is 0.463 e. The van der Waals surface area contributed by atoms with Crippen LogP contribution in [0.3, 0.4) is 0 Å². The molecular formula is C7H5F3O3. The van der Waals surface area contributed by atoms with Gasteiger partial charge in [-0.15, -0.1) is 0 Å². The van der Waals surface area contributed by atoms with Gasteiger partial charge in [0.25, 0.3) is 0 Å². The number of carbonyl (C=O) groups is 1. The SMILES string of the molecule is COC(=O)c1ccc(C(F)(F)F)o1. The summed E-state index contributed by atoms with van der Waals surface area (Å²) < 4.78 is 44.1. The Bertz CT molecular complexity index is 313. The van der Waals surface area contributed by atoms with Gasteiger partial charge in [0.05, 0.1) is 7.11 Å². The van der Waals surface area contributed by atoms with Crippen LogP contribution >= 0.6 is 0 Å². The zero-order valence-corrected chi connectivity index (χ0v) is 6.51. The Balaban J connectivity index is 2.93. The van der Waals surface area contributed by atoms with Crippen LogP contribution in [0.2, 0.25) is 0 Å². The summed E-state index contributed by atoms with van der Waals surface area (Å²) in [6.07, 6.45) is -4.58. The van der Waals surface area contributed by atoms with E-state index < -0.39 is 23.7 Å². The Morgan fingerprint density at radius 3 is 2.46 bits per heavy atom. The predicted molar refractivity (Wildman–Crippen MR) is 35.0 cm³/mol. The lowest BCUT2D eigenvalue weighted by Crippen LogP contribution is -2.03. The summed E-state index contributed by atoms with van der Waals surface area (Å²) in [7, 11) is 1.05. The van der Waals surface area contributed by atoms with Gasteiger partial charge >= 0.3 is 12.1 Å². The maximum Gasteiger partial charge on any atom is 0.449 e. The maximum atomic E-state index is 11.9. The van der Waals surface area contributed by atoms with E-state index in [1.807, 2.05) is 0 Å². The molecule has 1 heterocycles. The molecule has 6 heteroatoms. The molecule has 0 unspecified atom stereocenters. The van der Waals surface area contributed by atoms with Crippen LogP contribution in [0.15, 0.2) is 16.5 Å². The number of halogens is 3. The highest BCUT2D eigenvalue weighted by Gasteiger charge is 2.35. The maximum absolute atomic E-state index is 11.9. The Morgan fingerprint density at radius 1 is 1.46 bits per heavy atom. The average molecular weight is 194 g/mol. The quantitative estimate of drug-likeness (QED) is 0.642. The number of esters is 1. The monoisotopic (exact) mass is 194 g/mol. The van der Waals surface area contributed by atoms with Crippen molar-refractivity contribution in [3.05, 3.63) is 23.7 Å². The van der Waals surface area contributed by atoms with E-state index in [2.05, 4.69) is 9.15 Å². The van der Waals surface area contributed by atoms with E-state index in [9.17, 15) is 18.0 Å². The summed E-state index contributed by atoms with van der Waals surface area (Å²) in [4.78, 5) is 10.7. The number of alkyl halides is 3. The molecule has 0 spiro atoms. The first-order chi connectivity index (χ1) is 5.95. The van der Waals surface area contributed by atoms with Crippen LogP contribution in [0.1, 0.15) is 16.3 Å². The summed E-state index contributed by atoms with van der Waals surface area (Å²) in [6, 6.07) is 1.58. The second-order valence-corrected chi connectivity index (χ2v) is 2.15. The zero-order chi connectivity index (χ0) is 10.1. The molecule has 0 aliphatic rings. The molecular weight excluding hydrogens is 189 g/mol. The fourth-order valence-electron chi connectivity index (χ4n) is 0.701. The summed E-state index contributed by atoms with van der Waals surface area (Å²) >= 11 is 0. The van der Waals surface area contributed by atoms with Gasteiger partial charge in [-0.2, -0.15) is 13.2 Å². The first-order valence-electron chi connectivity index (χ1n) is 3.20. The van der Waals surface area contributed by atoms with Crippen molar-refractivity contribution >= 4 is 5.97 Å². The molecule has 0 saturated carbocycles. The summed E-state index contributed by atoms with van der Waals surface area (Å²) in [6.45, 7) is 0. The van der Waals surface area contributed by atoms with E-state index in [1.54, 1.807) is 0 Å². The van der Waals surface area contributed by atoms with Crippen LogP contribution in [0, 0.1) is 0 Å². The van der Waals surface area contributed by atoms with E-state index in [-0.39, 0.29) is 0 Å². The van der Waals surface area contributed by atoms with Crippen molar-refractivity contribution in [2.45, 2.75) is 6.18 Å². The number of methoxy groups -OCH3 is 1. The summed E-state index contributed by atoms with van der Waals surface area (Å²) in [5, 5.41) is 0. The smallest absolute Gasteiger partial charge is 0.449 e. The van der Waals surface area contributed by atoms with E-state index in [0.717, 1.165) is 13.2 Å². The summed E-state index contributed by atoms with van der Waals surface area (Å²) in [5.41, 5.74) is 0. The third kappa shape index (κ3) is 2.01. The molecule has 3 nitrogen and oxygen atoms in total. The Labute approximate surface area is 71.1 Å². The second-order valence-electron chi connectivity index (χ2n) is 2.15. The molecule has 0 saturated heterocycles. The molecule has 0 fully saturated rings. The number of rotatable bonds is 1. The van der Waals surface area contributed by atoms with Crippen LogP contribution in [0.5, 0.6) is 0 Å². The lowest BCUT2D eigenvalue weighted by Gasteiger charge is -2.00. The van der Waals surface area contributed by atoms with Gasteiger partial charge in [0.1, 0.15) is 0 Å². The molecule has 1 aromatic heterocycles. The lowest BCUT2D eigenvalue weighted by atomic mass is 10.4. The van der Waals surface area contributed by atoms with Gasteiger partial charge in [0.2, 0.25) is 11.5 Å². The highest BCUT2D eigenvalue weighted by molar-refractivity contribution is 5.86. The van der Waals surface area contributed by atoms with Crippen LogP contribution in [0.4, 0.5) is 13.2 Å². The molecule has 13 heavy (non-hydrogen) atoms. The van der Waals surface area contributed by atoms with Crippen molar-refractivity contribution in [1.29, 1.82) is 0 Å². The van der Waals surface area contributed by atoms with Crippen molar-refractivity contribution in [3.8, 4) is 0 Å². The van der Waals surface area contributed by atoms with Crippen molar-refractivity contribution in [2.75, 3.05) is 7.11 Å². The van der Waals surface area contributed by atoms with Gasteiger partial charge in [-0.1, -0.05) is 0 Å². The van der Waals surface area contributed by atoms with Crippen LogP contribution in [-0.4, -0.2) is 13.1 Å². The number of carbonyl (C=O) groups excluding carboxylic acids is 1. The minimum absolute atomic E-state index is 0.463. The molecule has 0 bridgehead atoms. The van der Waals surface area contributed by atoms with Crippen molar-refractivity contribution in [1.82, 2.24) is 0 Å². The van der Waals surface area contributed by atoms with Gasteiger partial charge in [0.15, 0.2) is 0 Å². The van der Waals surface area contributed by atoms with E-state index in [0.29, 0.717) is 6.07 Å². The molecule has 0 aliphatic carbocycles. The van der Waals surface area contributed by atoms with E-state index >= 15 is 0 Å². The van der Waals surface area contributed by atoms with Crippen molar-refractivity contribution in [3.63, 3.8) is 0 Å². The van der Waals surface area contributed by atoms with Crippen molar-refractivity contribution < 1.29 is 27.1 Å². The second kappa shape index (κ2) is 3.12. The Kier molecular flexibility index (Phi) is 2.31. The molecule has 1 aromatic rings. The predicted octanol–water partition coefficient (Wildman–Crippen LogP) is 2.08. The Hall–Kier alpha value is -1.46. The van der Waals surface area contributed by atoms with Gasteiger partial charge in [0, 0.05) is 0 Å². The topological polar surface area (TPSA) is 39.4 Å². The molecule has 0 N–H and O–H groups in total. The number of ether oxygens (including phenoxy) is 1. The minimum Gasteiger partial charge on any atom is -0.463 e. The normalized spacial score (nSPS) is 11.4. The molecule has 1 rings (SSSR count). The highest BCUT2D eigenvalue weighted by Crippen LogP contribution is 2.30. The molecule has 0 aromatic carbocycles. The zero-order valence-electron chi connectivity index (χ0n) is 6.51. The third-order valence-electron chi connectivity index (χ3n) is 1.27. The number of hydrogen-bond acceptors (Lipinski definition) is 3. The van der Waals surface area contributed by atoms with Gasteiger partial charge < -0.3 is 9.15 Å². The van der Waals surface area contributed by atoms with Crippen molar-refractivity contribution in [2.24, 2.45) is 0 Å². The number of hydrogen-bond donors (Lipinski definition) is 0. The average Bonchev–Trinajstić information content (AvgIpc) is 2.50. The van der Waals surface area contributed by atoms with E-state index in [4.69, 9.17) is 0 Å². The molecule has 0 aliphatic heterocycles.